The number of ketones is 1. The molecule has 33 heavy (non-hydrogen) atoms. The summed E-state index contributed by atoms with van der Waals surface area (Å²) < 4.78 is 0. The van der Waals surface area contributed by atoms with Gasteiger partial charge < -0.3 is 0 Å². The standard InChI is InChI=1S/C32H50O/c1-9-15-32-18-12-22(21(2)3)27(32)23-10-11-25-29(6)16-14-26(33)28(4,5)24(29)13-17-31(25,8)30(23,7)19-20-32/h9,15,22-25,27H,2,10-14,16-20H2,1,3-8H3/b15-9+/t22-,23?,24?,25?,27?,29-,30+,31+,32+/m0/s1. The first kappa shape index (κ1) is 23.9. The normalized spacial score (nSPS) is 53.2. The molecule has 0 N–H and O–H groups in total. The molecule has 5 fully saturated rings. The first-order valence-corrected chi connectivity index (χ1v) is 14.2. The van der Waals surface area contributed by atoms with Crippen LogP contribution in [0, 0.1) is 56.7 Å². The second-order valence-corrected chi connectivity index (χ2v) is 14.6. The van der Waals surface area contributed by atoms with Crippen molar-refractivity contribution in [1.29, 1.82) is 0 Å². The summed E-state index contributed by atoms with van der Waals surface area (Å²) in [5, 5.41) is 0. The average molecular weight is 451 g/mol. The van der Waals surface area contributed by atoms with Gasteiger partial charge in [-0.05, 0) is 123 Å². The molecule has 0 radical (unpaired) electrons. The smallest absolute Gasteiger partial charge is 0.138 e. The minimum absolute atomic E-state index is 0.143. The van der Waals surface area contributed by atoms with E-state index in [9.17, 15) is 4.79 Å². The van der Waals surface area contributed by atoms with E-state index >= 15 is 0 Å². The monoisotopic (exact) mass is 450 g/mol. The van der Waals surface area contributed by atoms with Gasteiger partial charge in [0.25, 0.3) is 0 Å². The molecule has 0 aromatic carbocycles. The third-order valence-electron chi connectivity index (χ3n) is 13.4. The zero-order valence-electron chi connectivity index (χ0n) is 22.7. The van der Waals surface area contributed by atoms with Crippen LogP contribution in [-0.4, -0.2) is 5.78 Å². The molecule has 0 aromatic rings. The van der Waals surface area contributed by atoms with Crippen molar-refractivity contribution in [3.63, 3.8) is 0 Å². The second-order valence-electron chi connectivity index (χ2n) is 14.6. The highest BCUT2D eigenvalue weighted by atomic mass is 16.1. The lowest BCUT2D eigenvalue weighted by molar-refractivity contribution is -0.230. The van der Waals surface area contributed by atoms with Crippen molar-refractivity contribution in [3.8, 4) is 0 Å². The molecule has 184 valence electrons. The Morgan fingerprint density at radius 3 is 2.27 bits per heavy atom. The maximum Gasteiger partial charge on any atom is 0.138 e. The number of allylic oxidation sites excluding steroid dienone is 3. The molecule has 1 nitrogen and oxygen atoms in total. The fraction of sp³-hybridized carbons (Fsp3) is 0.844. The van der Waals surface area contributed by atoms with Gasteiger partial charge in [0.05, 0.1) is 0 Å². The van der Waals surface area contributed by atoms with Crippen LogP contribution in [0.15, 0.2) is 24.3 Å². The third-order valence-corrected chi connectivity index (χ3v) is 13.4. The molecule has 5 rings (SSSR count). The molecule has 0 spiro atoms. The Morgan fingerprint density at radius 2 is 1.61 bits per heavy atom. The molecule has 9 atom stereocenters. The quantitative estimate of drug-likeness (QED) is 0.384. The SMILES string of the molecule is C=C(C)[C@@H]1CC[C@]2(/C=C/C)CC[C@]3(C)C(CCC4[C@@]5(C)CCC(=O)C(C)(C)C5CC[C@]43C)C12. The Kier molecular flexibility index (Phi) is 5.30. The molecule has 0 aromatic heterocycles. The fourth-order valence-electron chi connectivity index (χ4n) is 11.6. The van der Waals surface area contributed by atoms with Crippen molar-refractivity contribution in [2.24, 2.45) is 56.7 Å². The van der Waals surface area contributed by atoms with E-state index in [1.165, 1.54) is 56.9 Å². The average Bonchev–Trinajstić information content (AvgIpc) is 3.12. The van der Waals surface area contributed by atoms with Gasteiger partial charge in [0, 0.05) is 11.8 Å². The van der Waals surface area contributed by atoms with E-state index in [-0.39, 0.29) is 5.41 Å². The lowest BCUT2D eigenvalue weighted by Crippen LogP contribution is -2.66. The van der Waals surface area contributed by atoms with Gasteiger partial charge in [-0.1, -0.05) is 58.9 Å². The molecule has 0 saturated heterocycles. The number of fused-ring (bicyclic) bond motifs is 7. The number of rotatable bonds is 2. The summed E-state index contributed by atoms with van der Waals surface area (Å²) in [6.07, 6.45) is 17.7. The van der Waals surface area contributed by atoms with Gasteiger partial charge in [0.1, 0.15) is 5.78 Å². The van der Waals surface area contributed by atoms with Crippen molar-refractivity contribution in [2.75, 3.05) is 0 Å². The highest BCUT2D eigenvalue weighted by Crippen LogP contribution is 2.77. The first-order chi connectivity index (χ1) is 15.4. The lowest BCUT2D eigenvalue weighted by atomic mass is 9.32. The van der Waals surface area contributed by atoms with Crippen molar-refractivity contribution < 1.29 is 4.79 Å². The van der Waals surface area contributed by atoms with Crippen LogP contribution in [0.25, 0.3) is 0 Å². The van der Waals surface area contributed by atoms with Crippen LogP contribution in [0.2, 0.25) is 0 Å². The minimum Gasteiger partial charge on any atom is -0.299 e. The molecular formula is C32H50O. The molecular weight excluding hydrogens is 400 g/mol. The molecule has 0 bridgehead atoms. The Morgan fingerprint density at radius 1 is 0.879 bits per heavy atom. The van der Waals surface area contributed by atoms with Crippen molar-refractivity contribution >= 4 is 5.78 Å². The Balaban J connectivity index is 1.56. The summed E-state index contributed by atoms with van der Waals surface area (Å²) in [4.78, 5) is 13.0. The van der Waals surface area contributed by atoms with Gasteiger partial charge in [-0.15, -0.1) is 0 Å². The predicted molar refractivity (Wildman–Crippen MR) is 139 cm³/mol. The van der Waals surface area contributed by atoms with Crippen LogP contribution in [0.1, 0.15) is 113 Å². The lowest BCUT2D eigenvalue weighted by Gasteiger charge is -2.72. The van der Waals surface area contributed by atoms with Crippen LogP contribution >= 0.6 is 0 Å². The van der Waals surface area contributed by atoms with E-state index < -0.39 is 0 Å². The largest absolute Gasteiger partial charge is 0.299 e. The third kappa shape index (κ3) is 2.86. The zero-order valence-corrected chi connectivity index (χ0v) is 22.7. The number of hydrogen-bond acceptors (Lipinski definition) is 1. The molecule has 1 heteroatoms. The molecule has 0 heterocycles. The van der Waals surface area contributed by atoms with E-state index in [1.807, 2.05) is 0 Å². The Bertz CT molecular complexity index is 879. The topological polar surface area (TPSA) is 17.1 Å². The molecule has 0 amide bonds. The van der Waals surface area contributed by atoms with Crippen LogP contribution in [-0.2, 0) is 4.79 Å². The fourth-order valence-corrected chi connectivity index (χ4v) is 11.6. The first-order valence-electron chi connectivity index (χ1n) is 14.2. The Hall–Kier alpha value is -0.850. The van der Waals surface area contributed by atoms with Crippen molar-refractivity contribution in [3.05, 3.63) is 24.3 Å². The Labute approximate surface area is 204 Å². The van der Waals surface area contributed by atoms with Gasteiger partial charge in [0.15, 0.2) is 0 Å². The van der Waals surface area contributed by atoms with E-state index in [0.717, 1.165) is 30.6 Å². The van der Waals surface area contributed by atoms with Crippen molar-refractivity contribution in [2.45, 2.75) is 113 Å². The predicted octanol–water partition coefficient (Wildman–Crippen LogP) is 8.79. The van der Waals surface area contributed by atoms with Gasteiger partial charge in [-0.2, -0.15) is 0 Å². The maximum atomic E-state index is 13.0. The molecule has 5 aliphatic rings. The minimum atomic E-state index is -0.143. The summed E-state index contributed by atoms with van der Waals surface area (Å²) in [7, 11) is 0. The van der Waals surface area contributed by atoms with Crippen LogP contribution in [0.3, 0.4) is 0 Å². The highest BCUT2D eigenvalue weighted by Gasteiger charge is 2.70. The van der Waals surface area contributed by atoms with Gasteiger partial charge in [0.2, 0.25) is 0 Å². The van der Waals surface area contributed by atoms with E-state index in [2.05, 4.69) is 67.2 Å². The van der Waals surface area contributed by atoms with Gasteiger partial charge in [-0.3, -0.25) is 4.79 Å². The summed E-state index contributed by atoms with van der Waals surface area (Å²) in [6.45, 7) is 21.6. The molecule has 0 aliphatic heterocycles. The zero-order chi connectivity index (χ0) is 24.0. The van der Waals surface area contributed by atoms with Gasteiger partial charge >= 0.3 is 0 Å². The number of Topliss-reactive ketones (excluding diaryl/α,β-unsaturated/α-hetero) is 1. The number of carbonyl (C=O) groups is 1. The van der Waals surface area contributed by atoms with Crippen LogP contribution < -0.4 is 0 Å². The summed E-state index contributed by atoms with van der Waals surface area (Å²) in [5.41, 5.74) is 2.82. The second kappa shape index (κ2) is 7.33. The van der Waals surface area contributed by atoms with E-state index in [1.54, 1.807) is 0 Å². The van der Waals surface area contributed by atoms with E-state index in [4.69, 9.17) is 0 Å². The summed E-state index contributed by atoms with van der Waals surface area (Å²) >= 11 is 0. The molecule has 5 saturated carbocycles. The number of carbonyl (C=O) groups excluding carboxylic acids is 1. The maximum absolute atomic E-state index is 13.0. The summed E-state index contributed by atoms with van der Waals surface area (Å²) in [5.74, 6) is 4.13. The van der Waals surface area contributed by atoms with Crippen LogP contribution in [0.4, 0.5) is 0 Å². The van der Waals surface area contributed by atoms with Crippen LogP contribution in [0.5, 0.6) is 0 Å². The molecule has 4 unspecified atom stereocenters. The molecule has 5 aliphatic carbocycles. The summed E-state index contributed by atoms with van der Waals surface area (Å²) in [6, 6.07) is 0. The van der Waals surface area contributed by atoms with Gasteiger partial charge in [-0.25, -0.2) is 0 Å². The number of hydrogen-bond donors (Lipinski definition) is 0. The van der Waals surface area contributed by atoms with E-state index in [0.29, 0.717) is 39.3 Å². The van der Waals surface area contributed by atoms with Crippen molar-refractivity contribution in [1.82, 2.24) is 0 Å². The highest BCUT2D eigenvalue weighted by molar-refractivity contribution is 5.85.